The Labute approximate surface area is 201 Å². The molecule has 0 aliphatic heterocycles. The van der Waals surface area contributed by atoms with Gasteiger partial charge in [0.05, 0.1) is 31.0 Å². The largest absolute Gasteiger partial charge is 0.393 e. The molecule has 0 aromatic rings. The highest BCUT2D eigenvalue weighted by Gasteiger charge is 2.54. The third-order valence-corrected chi connectivity index (χ3v) is 9.33. The Hall–Kier alpha value is -0.940. The molecular weight excluding hydrogens is 412 g/mol. The molecule has 188 valence electrons. The molecule has 0 spiro atoms. The smallest absolute Gasteiger partial charge is 0.0874 e. The number of allylic oxidation sites excluding steroid dienone is 3. The minimum absolute atomic E-state index is 0.0542. The first-order valence-corrected chi connectivity index (χ1v) is 13.2. The number of hydrogen-bond donors (Lipinski definition) is 3. The van der Waals surface area contributed by atoms with Gasteiger partial charge in [-0.15, -0.1) is 0 Å². The minimum atomic E-state index is -0.712. The predicted molar refractivity (Wildman–Crippen MR) is 135 cm³/mol. The number of rotatable bonds is 8. The van der Waals surface area contributed by atoms with E-state index in [1.165, 1.54) is 31.3 Å². The van der Waals surface area contributed by atoms with Crippen LogP contribution in [0.1, 0.15) is 92.4 Å². The molecule has 33 heavy (non-hydrogen) atoms. The van der Waals surface area contributed by atoms with Gasteiger partial charge in [-0.05, 0) is 85.2 Å². The van der Waals surface area contributed by atoms with Crippen LogP contribution in [0.3, 0.4) is 0 Å². The molecule has 4 nitrogen and oxygen atoms in total. The number of ether oxygens (including phenoxy) is 1. The van der Waals surface area contributed by atoms with Gasteiger partial charge in [-0.3, -0.25) is 0 Å². The Bertz CT molecular complexity index is 760. The van der Waals surface area contributed by atoms with Gasteiger partial charge in [-0.2, -0.15) is 0 Å². The van der Waals surface area contributed by atoms with E-state index in [1.807, 2.05) is 13.8 Å². The topological polar surface area (TPSA) is 69.9 Å². The van der Waals surface area contributed by atoms with Crippen molar-refractivity contribution >= 4 is 0 Å². The third-order valence-electron chi connectivity index (χ3n) is 9.33. The Kier molecular flexibility index (Phi) is 8.37. The Balaban J connectivity index is 1.73. The van der Waals surface area contributed by atoms with Crippen LogP contribution < -0.4 is 0 Å². The summed E-state index contributed by atoms with van der Waals surface area (Å²) in [6.07, 6.45) is 11.7. The lowest BCUT2D eigenvalue weighted by Crippen LogP contribution is -2.43. The molecule has 3 aliphatic carbocycles. The molecule has 0 unspecified atom stereocenters. The van der Waals surface area contributed by atoms with Crippen molar-refractivity contribution in [3.63, 3.8) is 0 Å². The van der Waals surface area contributed by atoms with Crippen molar-refractivity contribution in [2.75, 3.05) is 13.2 Å². The van der Waals surface area contributed by atoms with Gasteiger partial charge >= 0.3 is 0 Å². The lowest BCUT2D eigenvalue weighted by Gasteiger charge is -2.48. The quantitative estimate of drug-likeness (QED) is 0.433. The summed E-state index contributed by atoms with van der Waals surface area (Å²) in [6.45, 7) is 16.4. The van der Waals surface area contributed by atoms with E-state index in [1.54, 1.807) is 0 Å². The lowest BCUT2D eigenvalue weighted by molar-refractivity contribution is -0.0863. The molecule has 0 aromatic carbocycles. The molecule has 5 atom stereocenters. The highest BCUT2D eigenvalue weighted by Crippen LogP contribution is 2.62. The number of fused-ring (bicyclic) bond motifs is 1. The first-order chi connectivity index (χ1) is 15.5. The van der Waals surface area contributed by atoms with Crippen LogP contribution in [0.25, 0.3) is 0 Å². The summed E-state index contributed by atoms with van der Waals surface area (Å²) in [5.41, 5.74) is 2.87. The Morgan fingerprint density at radius 1 is 1.12 bits per heavy atom. The van der Waals surface area contributed by atoms with Gasteiger partial charge in [-0.1, -0.05) is 58.9 Å². The van der Waals surface area contributed by atoms with Crippen LogP contribution in [0.15, 0.2) is 35.5 Å². The maximum atomic E-state index is 10.6. The summed E-state index contributed by atoms with van der Waals surface area (Å²) in [7, 11) is 0. The molecular formula is C29H48O4. The zero-order valence-corrected chi connectivity index (χ0v) is 21.7. The fourth-order valence-electron chi connectivity index (χ4n) is 7.05. The molecule has 3 rings (SSSR count). The van der Waals surface area contributed by atoms with Crippen molar-refractivity contribution < 1.29 is 20.1 Å². The predicted octanol–water partition coefficient (Wildman–Crippen LogP) is 5.72. The zero-order valence-electron chi connectivity index (χ0n) is 21.7. The lowest BCUT2D eigenvalue weighted by atomic mass is 9.58. The van der Waals surface area contributed by atoms with Crippen LogP contribution in [0.2, 0.25) is 0 Å². The summed E-state index contributed by atoms with van der Waals surface area (Å²) < 4.78 is 6.14. The Morgan fingerprint density at radius 2 is 1.82 bits per heavy atom. The standard InChI is InChI=1S/C29H48O4/c1-7-29(32,8-2)19-33-18-27(4,5)26-14-13-24-21(10-9-15-28(24,26)6)11-12-22-16-23(30)17-25(31)20(22)3/h11-12,23-26,30-32H,3,7-10,13-19H2,1-2,4-6H3/b21-11+,22-12-/t23-,24+,25+,26-,28+/m1/s1. The van der Waals surface area contributed by atoms with E-state index >= 15 is 0 Å². The average Bonchev–Trinajstić information content (AvgIpc) is 3.13. The highest BCUT2D eigenvalue weighted by molar-refractivity contribution is 5.38. The van der Waals surface area contributed by atoms with Crippen molar-refractivity contribution in [1.29, 1.82) is 0 Å². The summed E-state index contributed by atoms with van der Waals surface area (Å²) in [6, 6.07) is 0. The van der Waals surface area contributed by atoms with Gasteiger partial charge < -0.3 is 20.1 Å². The highest BCUT2D eigenvalue weighted by atomic mass is 16.5. The van der Waals surface area contributed by atoms with Gasteiger partial charge in [0.1, 0.15) is 0 Å². The molecule has 0 radical (unpaired) electrons. The van der Waals surface area contributed by atoms with Crippen molar-refractivity contribution in [2.45, 2.75) is 110 Å². The minimum Gasteiger partial charge on any atom is -0.393 e. The van der Waals surface area contributed by atoms with E-state index in [0.29, 0.717) is 37.9 Å². The summed E-state index contributed by atoms with van der Waals surface area (Å²) in [5, 5.41) is 30.9. The van der Waals surface area contributed by atoms with Crippen molar-refractivity contribution in [2.24, 2.45) is 22.7 Å². The van der Waals surface area contributed by atoms with Gasteiger partial charge in [0, 0.05) is 6.42 Å². The van der Waals surface area contributed by atoms with Crippen LogP contribution in [-0.2, 0) is 4.74 Å². The van der Waals surface area contributed by atoms with Crippen LogP contribution in [0, 0.1) is 22.7 Å². The number of aliphatic hydroxyl groups is 3. The molecule has 0 amide bonds. The van der Waals surface area contributed by atoms with E-state index < -0.39 is 17.8 Å². The second-order valence-electron chi connectivity index (χ2n) is 12.0. The fourth-order valence-corrected chi connectivity index (χ4v) is 7.05. The first-order valence-electron chi connectivity index (χ1n) is 13.2. The van der Waals surface area contributed by atoms with Gasteiger partial charge in [0.2, 0.25) is 0 Å². The monoisotopic (exact) mass is 460 g/mol. The number of hydrogen-bond acceptors (Lipinski definition) is 4. The van der Waals surface area contributed by atoms with E-state index in [-0.39, 0.29) is 10.8 Å². The SMILES string of the molecule is C=C1/C(=C\C=C2/CCC[C@]3(C)[C@@H](C(C)(C)COCC(O)(CC)CC)CC[C@@H]23)C[C@@H](O)C[C@@H]1O. The molecule has 3 N–H and O–H groups in total. The van der Waals surface area contributed by atoms with E-state index in [2.05, 4.69) is 39.5 Å². The molecule has 0 bridgehead atoms. The fraction of sp³-hybridized carbons (Fsp3) is 0.793. The summed E-state index contributed by atoms with van der Waals surface area (Å²) in [4.78, 5) is 0. The second kappa shape index (κ2) is 10.4. The second-order valence-corrected chi connectivity index (χ2v) is 12.0. The average molecular weight is 461 g/mol. The van der Waals surface area contributed by atoms with Crippen LogP contribution >= 0.6 is 0 Å². The first kappa shape index (κ1) is 26.7. The zero-order chi connectivity index (χ0) is 24.4. The van der Waals surface area contributed by atoms with Gasteiger partial charge in [0.15, 0.2) is 0 Å². The normalized spacial score (nSPS) is 35.9. The molecule has 0 saturated heterocycles. The third kappa shape index (κ3) is 5.66. The van der Waals surface area contributed by atoms with Crippen molar-refractivity contribution in [3.05, 3.63) is 35.5 Å². The molecule has 4 heteroatoms. The molecule has 0 aromatic heterocycles. The molecule has 3 fully saturated rings. The number of aliphatic hydroxyl groups excluding tert-OH is 2. The van der Waals surface area contributed by atoms with Crippen molar-refractivity contribution in [1.82, 2.24) is 0 Å². The summed E-state index contributed by atoms with van der Waals surface area (Å²) >= 11 is 0. The Morgan fingerprint density at radius 3 is 2.48 bits per heavy atom. The molecule has 3 saturated carbocycles. The van der Waals surface area contributed by atoms with Crippen molar-refractivity contribution in [3.8, 4) is 0 Å². The van der Waals surface area contributed by atoms with Crippen LogP contribution in [0.4, 0.5) is 0 Å². The molecule has 0 heterocycles. The molecule has 3 aliphatic rings. The summed E-state index contributed by atoms with van der Waals surface area (Å²) in [5.74, 6) is 1.15. The van der Waals surface area contributed by atoms with E-state index in [9.17, 15) is 15.3 Å². The van der Waals surface area contributed by atoms with Crippen LogP contribution in [0.5, 0.6) is 0 Å². The maximum Gasteiger partial charge on any atom is 0.0874 e. The van der Waals surface area contributed by atoms with Gasteiger partial charge in [-0.25, -0.2) is 0 Å². The van der Waals surface area contributed by atoms with Crippen LogP contribution in [-0.4, -0.2) is 46.3 Å². The van der Waals surface area contributed by atoms with E-state index in [0.717, 1.165) is 30.4 Å². The maximum absolute atomic E-state index is 10.6. The van der Waals surface area contributed by atoms with E-state index in [4.69, 9.17) is 4.74 Å². The van der Waals surface area contributed by atoms with Gasteiger partial charge in [0.25, 0.3) is 0 Å².